The molecule has 2 aliphatic rings. The largest absolute Gasteiger partial charge is 0.458 e. The number of allylic oxidation sites excluding steroid dienone is 1. The van der Waals surface area contributed by atoms with Crippen molar-refractivity contribution in [3.63, 3.8) is 0 Å². The molecule has 3 heteroatoms. The Hall–Kier alpha value is -2.16. The van der Waals surface area contributed by atoms with Gasteiger partial charge in [-0.05, 0) is 40.3 Å². The summed E-state index contributed by atoms with van der Waals surface area (Å²) in [6.07, 6.45) is 6.68. The van der Waals surface area contributed by atoms with Gasteiger partial charge in [-0.2, -0.15) is 0 Å². The van der Waals surface area contributed by atoms with E-state index >= 15 is 0 Å². The average molecular weight is 212 g/mol. The molecule has 1 aliphatic carbocycles. The van der Waals surface area contributed by atoms with Gasteiger partial charge < -0.3 is 4.74 Å². The number of hydrogen-bond donors (Lipinski definition) is 0. The molecule has 0 N–H and O–H groups in total. The second-order valence-electron chi connectivity index (χ2n) is 3.71. The van der Waals surface area contributed by atoms with Crippen LogP contribution >= 0.6 is 0 Å². The van der Waals surface area contributed by atoms with Gasteiger partial charge in [-0.3, -0.25) is 4.79 Å². The Morgan fingerprint density at radius 2 is 1.94 bits per heavy atom. The third kappa shape index (κ3) is 1.21. The SMILES string of the molecule is O=C1C=Cc2ccc3c(c2=C1)=CCOC3=O. The minimum absolute atomic E-state index is 0.0479. The van der Waals surface area contributed by atoms with Gasteiger partial charge in [-0.25, -0.2) is 4.79 Å². The molecule has 3 nitrogen and oxygen atoms in total. The molecule has 1 aliphatic heterocycles. The summed E-state index contributed by atoms with van der Waals surface area (Å²) in [4.78, 5) is 22.8. The van der Waals surface area contributed by atoms with Crippen LogP contribution in [0.1, 0.15) is 15.9 Å². The fourth-order valence-corrected chi connectivity index (χ4v) is 2.00. The van der Waals surface area contributed by atoms with Gasteiger partial charge in [-0.15, -0.1) is 0 Å². The van der Waals surface area contributed by atoms with E-state index in [1.807, 2.05) is 12.1 Å². The van der Waals surface area contributed by atoms with Crippen LogP contribution in [0.4, 0.5) is 0 Å². The van der Waals surface area contributed by atoms with Crippen molar-refractivity contribution in [2.24, 2.45) is 0 Å². The first-order valence-corrected chi connectivity index (χ1v) is 5.00. The molecule has 0 spiro atoms. The van der Waals surface area contributed by atoms with E-state index in [0.29, 0.717) is 5.56 Å². The summed E-state index contributed by atoms with van der Waals surface area (Å²) in [5.41, 5.74) is 1.49. The molecule has 3 rings (SSSR count). The van der Waals surface area contributed by atoms with Crippen LogP contribution in [0.3, 0.4) is 0 Å². The lowest BCUT2D eigenvalue weighted by Gasteiger charge is -2.11. The number of carbonyl (C=O) groups is 2. The van der Waals surface area contributed by atoms with Crippen LogP contribution in [0.25, 0.3) is 18.2 Å². The Morgan fingerprint density at radius 3 is 2.81 bits per heavy atom. The van der Waals surface area contributed by atoms with Crippen LogP contribution in [-0.4, -0.2) is 18.4 Å². The summed E-state index contributed by atoms with van der Waals surface area (Å²) in [6.45, 7) is 0.272. The highest BCUT2D eigenvalue weighted by atomic mass is 16.5. The fourth-order valence-electron chi connectivity index (χ4n) is 2.00. The second-order valence-corrected chi connectivity index (χ2v) is 3.71. The first-order chi connectivity index (χ1) is 7.75. The van der Waals surface area contributed by atoms with E-state index in [9.17, 15) is 9.59 Å². The van der Waals surface area contributed by atoms with Crippen LogP contribution in [0, 0.1) is 0 Å². The first-order valence-electron chi connectivity index (χ1n) is 5.00. The van der Waals surface area contributed by atoms with Crippen molar-refractivity contribution in [3.05, 3.63) is 39.8 Å². The van der Waals surface area contributed by atoms with Gasteiger partial charge in [0, 0.05) is 0 Å². The van der Waals surface area contributed by atoms with Crippen LogP contribution < -0.4 is 10.4 Å². The number of carbonyl (C=O) groups excluding carboxylic acids is 2. The van der Waals surface area contributed by atoms with Gasteiger partial charge in [0.25, 0.3) is 0 Å². The quantitative estimate of drug-likeness (QED) is 0.569. The van der Waals surface area contributed by atoms with Crippen molar-refractivity contribution in [1.82, 2.24) is 0 Å². The van der Waals surface area contributed by atoms with E-state index in [2.05, 4.69) is 0 Å². The van der Waals surface area contributed by atoms with Crippen LogP contribution in [0.5, 0.6) is 0 Å². The summed E-state index contributed by atoms with van der Waals surface area (Å²) in [5, 5.41) is 1.63. The van der Waals surface area contributed by atoms with Crippen molar-refractivity contribution in [2.75, 3.05) is 6.61 Å². The lowest BCUT2D eigenvalue weighted by molar-refractivity contribution is -0.109. The number of fused-ring (bicyclic) bond motifs is 3. The molecule has 0 atom stereocenters. The number of benzene rings is 1. The molecule has 0 fully saturated rings. The van der Waals surface area contributed by atoms with Crippen LogP contribution in [-0.2, 0) is 9.53 Å². The average Bonchev–Trinajstić information content (AvgIpc) is 2.29. The molecule has 0 unspecified atom stereocenters. The molecular weight excluding hydrogens is 204 g/mol. The number of hydrogen-bond acceptors (Lipinski definition) is 3. The fraction of sp³-hybridized carbons (Fsp3) is 0.0769. The molecule has 1 heterocycles. The zero-order valence-electron chi connectivity index (χ0n) is 8.40. The summed E-state index contributed by atoms with van der Waals surface area (Å²) >= 11 is 0. The molecule has 16 heavy (non-hydrogen) atoms. The highest BCUT2D eigenvalue weighted by molar-refractivity contribution is 6.17. The smallest absolute Gasteiger partial charge is 0.339 e. The molecule has 0 aromatic heterocycles. The maximum atomic E-state index is 11.5. The van der Waals surface area contributed by atoms with Crippen molar-refractivity contribution in [2.45, 2.75) is 0 Å². The van der Waals surface area contributed by atoms with E-state index in [4.69, 9.17) is 4.74 Å². The number of ketones is 1. The van der Waals surface area contributed by atoms with E-state index in [0.717, 1.165) is 16.0 Å². The van der Waals surface area contributed by atoms with E-state index in [1.54, 1.807) is 18.2 Å². The molecular formula is C13H8O3. The van der Waals surface area contributed by atoms with Crippen LogP contribution in [0.15, 0.2) is 18.2 Å². The second kappa shape index (κ2) is 3.17. The highest BCUT2D eigenvalue weighted by Crippen LogP contribution is 2.05. The van der Waals surface area contributed by atoms with Gasteiger partial charge in [0.15, 0.2) is 5.78 Å². The Labute approximate surface area is 91.3 Å². The number of ether oxygens (including phenoxy) is 1. The highest BCUT2D eigenvalue weighted by Gasteiger charge is 2.15. The number of esters is 1. The predicted octanol–water partition coefficient (Wildman–Crippen LogP) is 0.0139. The van der Waals surface area contributed by atoms with Gasteiger partial charge in [0.2, 0.25) is 0 Å². The summed E-state index contributed by atoms with van der Waals surface area (Å²) < 4.78 is 4.91. The molecule has 78 valence electrons. The number of rotatable bonds is 0. The Bertz CT molecular complexity index is 650. The van der Waals surface area contributed by atoms with Crippen molar-refractivity contribution in [1.29, 1.82) is 0 Å². The third-order valence-corrected chi connectivity index (χ3v) is 2.76. The molecule has 0 amide bonds. The molecule has 0 saturated carbocycles. The Morgan fingerprint density at radius 1 is 1.06 bits per heavy atom. The van der Waals surface area contributed by atoms with Gasteiger partial charge >= 0.3 is 5.97 Å². The first kappa shape index (κ1) is 9.09. The summed E-state index contributed by atoms with van der Waals surface area (Å²) in [6, 6.07) is 3.56. The normalized spacial score (nSPS) is 16.8. The maximum Gasteiger partial charge on any atom is 0.339 e. The van der Waals surface area contributed by atoms with Crippen LogP contribution in [0.2, 0.25) is 0 Å². The zero-order valence-corrected chi connectivity index (χ0v) is 8.40. The Balaban J connectivity index is 2.46. The van der Waals surface area contributed by atoms with Crippen molar-refractivity contribution < 1.29 is 14.3 Å². The van der Waals surface area contributed by atoms with E-state index in [1.165, 1.54) is 6.08 Å². The zero-order chi connectivity index (χ0) is 11.1. The van der Waals surface area contributed by atoms with Gasteiger partial charge in [0.1, 0.15) is 6.61 Å². The standard InChI is InChI=1S/C13H8O3/c14-9-3-1-8-2-4-11-10(12(8)7-9)5-6-16-13(11)15/h1-5,7H,6H2. The van der Waals surface area contributed by atoms with Gasteiger partial charge in [0.05, 0.1) is 5.56 Å². The third-order valence-electron chi connectivity index (χ3n) is 2.76. The van der Waals surface area contributed by atoms with E-state index in [-0.39, 0.29) is 18.4 Å². The lowest BCUT2D eigenvalue weighted by Crippen LogP contribution is -2.38. The molecule has 1 aromatic carbocycles. The van der Waals surface area contributed by atoms with E-state index < -0.39 is 0 Å². The summed E-state index contributed by atoms with van der Waals surface area (Å²) in [7, 11) is 0. The Kier molecular flexibility index (Phi) is 1.80. The molecule has 0 bridgehead atoms. The molecule has 0 radical (unpaired) electrons. The predicted molar refractivity (Wildman–Crippen MR) is 58.9 cm³/mol. The number of cyclic esters (lactones) is 1. The maximum absolute atomic E-state index is 11.5. The molecule has 1 aromatic rings. The minimum atomic E-state index is -0.323. The van der Waals surface area contributed by atoms with Crippen molar-refractivity contribution >= 4 is 30.0 Å². The minimum Gasteiger partial charge on any atom is -0.458 e. The monoisotopic (exact) mass is 212 g/mol. The topological polar surface area (TPSA) is 43.4 Å². The molecule has 0 saturated heterocycles. The summed E-state index contributed by atoms with van der Waals surface area (Å²) in [5.74, 6) is -0.371. The van der Waals surface area contributed by atoms with Crippen molar-refractivity contribution in [3.8, 4) is 0 Å². The van der Waals surface area contributed by atoms with Gasteiger partial charge in [-0.1, -0.05) is 12.1 Å². The lowest BCUT2D eigenvalue weighted by atomic mass is 9.99.